The molecule has 0 spiro atoms. The maximum atomic E-state index is 12.2. The third kappa shape index (κ3) is 3.06. The normalized spacial score (nSPS) is 11.1. The van der Waals surface area contributed by atoms with Crippen molar-refractivity contribution in [3.63, 3.8) is 0 Å². The summed E-state index contributed by atoms with van der Waals surface area (Å²) >= 11 is 0. The lowest BCUT2D eigenvalue weighted by atomic mass is 10.1. The van der Waals surface area contributed by atoms with Gasteiger partial charge in [-0.05, 0) is 30.7 Å². The van der Waals surface area contributed by atoms with Gasteiger partial charge in [0, 0.05) is 5.39 Å². The van der Waals surface area contributed by atoms with Crippen molar-refractivity contribution in [3.05, 3.63) is 83.6 Å². The van der Waals surface area contributed by atoms with Gasteiger partial charge in [-0.15, -0.1) is 0 Å². The maximum Gasteiger partial charge on any atom is 0.204 e. The highest BCUT2D eigenvalue weighted by atomic mass is 16.1. The molecule has 0 atom stereocenters. The number of benzene rings is 2. The Morgan fingerprint density at radius 3 is 2.52 bits per heavy atom. The number of para-hydroxylation sites is 1. The molecule has 0 aliphatic rings. The van der Waals surface area contributed by atoms with Crippen LogP contribution in [0.3, 0.4) is 0 Å². The minimum Gasteiger partial charge on any atom is -0.288 e. The molecule has 3 rings (SSSR count). The van der Waals surface area contributed by atoms with E-state index in [1.54, 1.807) is 12.1 Å². The Balaban J connectivity index is 1.84. The monoisotopic (exact) mass is 273 g/mol. The Morgan fingerprint density at radius 1 is 0.952 bits per heavy atom. The molecule has 0 amide bonds. The predicted octanol–water partition coefficient (Wildman–Crippen LogP) is 4.44. The van der Waals surface area contributed by atoms with Crippen LogP contribution < -0.4 is 0 Å². The van der Waals surface area contributed by atoms with Crippen molar-refractivity contribution in [1.82, 2.24) is 4.98 Å². The number of allylic oxidation sites excluding steroid dienone is 1. The van der Waals surface area contributed by atoms with Gasteiger partial charge in [0.25, 0.3) is 0 Å². The largest absolute Gasteiger partial charge is 0.288 e. The number of ketones is 1. The highest BCUT2D eigenvalue weighted by Gasteiger charge is 2.04. The zero-order valence-electron chi connectivity index (χ0n) is 11.8. The molecule has 1 heterocycles. The van der Waals surface area contributed by atoms with E-state index in [0.717, 1.165) is 16.5 Å². The van der Waals surface area contributed by atoms with Crippen LogP contribution in [0.1, 0.15) is 21.6 Å². The number of aromatic nitrogens is 1. The lowest BCUT2D eigenvalue weighted by molar-refractivity contribution is 0.104. The predicted molar refractivity (Wildman–Crippen MR) is 86.3 cm³/mol. The Hall–Kier alpha value is -2.74. The molecular weight excluding hydrogens is 258 g/mol. The fourth-order valence-corrected chi connectivity index (χ4v) is 2.14. The van der Waals surface area contributed by atoms with E-state index in [1.165, 1.54) is 5.56 Å². The van der Waals surface area contributed by atoms with Crippen LogP contribution in [0.25, 0.3) is 17.0 Å². The molecule has 102 valence electrons. The zero-order valence-corrected chi connectivity index (χ0v) is 11.8. The summed E-state index contributed by atoms with van der Waals surface area (Å²) in [5.74, 6) is -0.0821. The summed E-state index contributed by atoms with van der Waals surface area (Å²) in [5, 5.41) is 1.04. The first-order chi connectivity index (χ1) is 10.2. The molecule has 0 unspecified atom stereocenters. The van der Waals surface area contributed by atoms with Gasteiger partial charge in [0.15, 0.2) is 0 Å². The van der Waals surface area contributed by atoms with E-state index < -0.39 is 0 Å². The molecule has 2 heteroatoms. The third-order valence-electron chi connectivity index (χ3n) is 3.36. The van der Waals surface area contributed by atoms with Gasteiger partial charge in [-0.3, -0.25) is 4.79 Å². The molecule has 21 heavy (non-hydrogen) atoms. The zero-order chi connectivity index (χ0) is 14.7. The molecule has 0 fully saturated rings. The van der Waals surface area contributed by atoms with Gasteiger partial charge >= 0.3 is 0 Å². The van der Waals surface area contributed by atoms with Crippen molar-refractivity contribution < 1.29 is 4.79 Å². The van der Waals surface area contributed by atoms with Crippen molar-refractivity contribution in [1.29, 1.82) is 0 Å². The molecule has 0 aliphatic heterocycles. The lowest BCUT2D eigenvalue weighted by Crippen LogP contribution is -1.98. The van der Waals surface area contributed by atoms with Crippen LogP contribution in [0, 0.1) is 6.92 Å². The molecule has 0 N–H and O–H groups in total. The fourth-order valence-electron chi connectivity index (χ4n) is 2.14. The van der Waals surface area contributed by atoms with Gasteiger partial charge in [0.1, 0.15) is 5.69 Å². The second-order valence-corrected chi connectivity index (χ2v) is 5.00. The second kappa shape index (κ2) is 5.71. The molecule has 0 saturated carbocycles. The average Bonchev–Trinajstić information content (AvgIpc) is 2.53. The maximum absolute atomic E-state index is 12.2. The number of aryl methyl sites for hydroxylation is 1. The number of carbonyl (C=O) groups excluding carboxylic acids is 1. The Morgan fingerprint density at radius 2 is 1.71 bits per heavy atom. The highest BCUT2D eigenvalue weighted by Crippen LogP contribution is 2.13. The minimum atomic E-state index is -0.0821. The number of fused-ring (bicyclic) bond motifs is 1. The second-order valence-electron chi connectivity index (χ2n) is 5.00. The smallest absolute Gasteiger partial charge is 0.204 e. The first-order valence-corrected chi connectivity index (χ1v) is 6.87. The SMILES string of the molecule is Cc1ccc(C=CC(=O)c2ccc3ccccc3n2)cc1. The minimum absolute atomic E-state index is 0.0821. The average molecular weight is 273 g/mol. The van der Waals surface area contributed by atoms with Crippen LogP contribution in [-0.4, -0.2) is 10.8 Å². The number of hydrogen-bond acceptors (Lipinski definition) is 2. The number of hydrogen-bond donors (Lipinski definition) is 0. The number of nitrogens with zero attached hydrogens (tertiary/aromatic N) is 1. The van der Waals surface area contributed by atoms with Gasteiger partial charge in [0.05, 0.1) is 5.52 Å². The highest BCUT2D eigenvalue weighted by molar-refractivity contribution is 6.06. The number of pyridine rings is 1. The lowest BCUT2D eigenvalue weighted by Gasteiger charge is -1.99. The molecule has 0 radical (unpaired) electrons. The van der Waals surface area contributed by atoms with Crippen molar-refractivity contribution in [3.8, 4) is 0 Å². The van der Waals surface area contributed by atoms with Gasteiger partial charge in [-0.25, -0.2) is 4.98 Å². The molecule has 0 bridgehead atoms. The Labute approximate surface area is 123 Å². The molecule has 0 aliphatic carbocycles. The van der Waals surface area contributed by atoms with E-state index in [4.69, 9.17) is 0 Å². The molecular formula is C19H15NO. The van der Waals surface area contributed by atoms with Crippen LogP contribution in [0.2, 0.25) is 0 Å². The van der Waals surface area contributed by atoms with Gasteiger partial charge in [-0.1, -0.05) is 60.2 Å². The summed E-state index contributed by atoms with van der Waals surface area (Å²) in [4.78, 5) is 16.6. The molecule has 3 aromatic rings. The van der Waals surface area contributed by atoms with Crippen LogP contribution in [0.15, 0.2) is 66.7 Å². The van der Waals surface area contributed by atoms with E-state index >= 15 is 0 Å². The topological polar surface area (TPSA) is 30.0 Å². The van der Waals surface area contributed by atoms with Crippen LogP contribution >= 0.6 is 0 Å². The number of rotatable bonds is 3. The van der Waals surface area contributed by atoms with E-state index in [1.807, 2.05) is 67.6 Å². The van der Waals surface area contributed by atoms with Gasteiger partial charge < -0.3 is 0 Å². The van der Waals surface area contributed by atoms with Crippen molar-refractivity contribution >= 4 is 22.8 Å². The van der Waals surface area contributed by atoms with E-state index in [0.29, 0.717) is 5.69 Å². The van der Waals surface area contributed by atoms with Gasteiger partial charge in [-0.2, -0.15) is 0 Å². The summed E-state index contributed by atoms with van der Waals surface area (Å²) in [6.07, 6.45) is 3.39. The summed E-state index contributed by atoms with van der Waals surface area (Å²) in [7, 11) is 0. The van der Waals surface area contributed by atoms with Crippen LogP contribution in [0.4, 0.5) is 0 Å². The summed E-state index contributed by atoms with van der Waals surface area (Å²) < 4.78 is 0. The van der Waals surface area contributed by atoms with Crippen LogP contribution in [-0.2, 0) is 0 Å². The van der Waals surface area contributed by atoms with Crippen molar-refractivity contribution in [2.45, 2.75) is 6.92 Å². The number of carbonyl (C=O) groups is 1. The standard InChI is InChI=1S/C19H15NO/c1-14-6-8-15(9-7-14)10-13-19(21)18-12-11-16-4-2-3-5-17(16)20-18/h2-13H,1H3. The first kappa shape index (κ1) is 13.3. The van der Waals surface area contributed by atoms with Crippen molar-refractivity contribution in [2.24, 2.45) is 0 Å². The van der Waals surface area contributed by atoms with Crippen molar-refractivity contribution in [2.75, 3.05) is 0 Å². The first-order valence-electron chi connectivity index (χ1n) is 6.87. The molecule has 0 saturated heterocycles. The Kier molecular flexibility index (Phi) is 3.61. The third-order valence-corrected chi connectivity index (χ3v) is 3.36. The molecule has 2 nitrogen and oxygen atoms in total. The fraction of sp³-hybridized carbons (Fsp3) is 0.0526. The van der Waals surface area contributed by atoms with Gasteiger partial charge in [0.2, 0.25) is 5.78 Å². The van der Waals surface area contributed by atoms with E-state index in [9.17, 15) is 4.79 Å². The van der Waals surface area contributed by atoms with E-state index in [-0.39, 0.29) is 5.78 Å². The Bertz CT molecular complexity index is 816. The summed E-state index contributed by atoms with van der Waals surface area (Å²) in [6.45, 7) is 2.04. The van der Waals surface area contributed by atoms with E-state index in [2.05, 4.69) is 4.98 Å². The quantitative estimate of drug-likeness (QED) is 0.521. The molecule has 1 aromatic heterocycles. The summed E-state index contributed by atoms with van der Waals surface area (Å²) in [5.41, 5.74) is 3.52. The van der Waals surface area contributed by atoms with Crippen LogP contribution in [0.5, 0.6) is 0 Å². The summed E-state index contributed by atoms with van der Waals surface area (Å²) in [6, 6.07) is 19.5. The molecule has 2 aromatic carbocycles.